The molecule has 0 unspecified atom stereocenters. The van der Waals surface area contributed by atoms with Crippen LogP contribution in [0, 0.1) is 0 Å². The SMILES string of the molecule is COc1ccc(CN(C)C(=O)CN(C)S(=O)(=O)c2cccnc2)c(OC)c1. The predicted octanol–water partition coefficient (Wildman–Crippen LogP) is 1.38. The molecule has 9 heteroatoms. The largest absolute Gasteiger partial charge is 0.497 e. The lowest BCUT2D eigenvalue weighted by Crippen LogP contribution is -2.39. The van der Waals surface area contributed by atoms with Crippen molar-refractivity contribution in [3.05, 3.63) is 48.3 Å². The Balaban J connectivity index is 2.07. The van der Waals surface area contributed by atoms with Crippen LogP contribution in [0.4, 0.5) is 0 Å². The topological polar surface area (TPSA) is 89.0 Å². The van der Waals surface area contributed by atoms with Gasteiger partial charge in [-0.3, -0.25) is 9.78 Å². The fraction of sp³-hybridized carbons (Fsp3) is 0.333. The predicted molar refractivity (Wildman–Crippen MR) is 100 cm³/mol. The van der Waals surface area contributed by atoms with Crippen molar-refractivity contribution in [3.63, 3.8) is 0 Å². The molecule has 0 saturated carbocycles. The number of hydrogen-bond acceptors (Lipinski definition) is 6. The molecule has 0 aliphatic rings. The van der Waals surface area contributed by atoms with Crippen molar-refractivity contribution in [3.8, 4) is 11.5 Å². The summed E-state index contributed by atoms with van der Waals surface area (Å²) < 4.78 is 36.5. The van der Waals surface area contributed by atoms with E-state index in [-0.39, 0.29) is 23.9 Å². The van der Waals surface area contributed by atoms with Gasteiger partial charge >= 0.3 is 0 Å². The number of carbonyl (C=O) groups is 1. The Morgan fingerprint density at radius 1 is 1.15 bits per heavy atom. The van der Waals surface area contributed by atoms with Gasteiger partial charge in [-0.05, 0) is 24.3 Å². The highest BCUT2D eigenvalue weighted by Gasteiger charge is 2.24. The van der Waals surface area contributed by atoms with E-state index in [9.17, 15) is 13.2 Å². The summed E-state index contributed by atoms with van der Waals surface area (Å²) in [5.41, 5.74) is 0.784. The highest BCUT2D eigenvalue weighted by atomic mass is 32.2. The highest BCUT2D eigenvalue weighted by molar-refractivity contribution is 7.89. The zero-order valence-electron chi connectivity index (χ0n) is 15.7. The lowest BCUT2D eigenvalue weighted by molar-refractivity contribution is -0.130. The second-order valence-electron chi connectivity index (χ2n) is 5.88. The van der Waals surface area contributed by atoms with Gasteiger partial charge < -0.3 is 14.4 Å². The van der Waals surface area contributed by atoms with Crippen molar-refractivity contribution >= 4 is 15.9 Å². The fourth-order valence-electron chi connectivity index (χ4n) is 2.40. The Morgan fingerprint density at radius 3 is 2.48 bits per heavy atom. The molecule has 27 heavy (non-hydrogen) atoms. The maximum atomic E-state index is 12.5. The van der Waals surface area contributed by atoms with E-state index < -0.39 is 10.0 Å². The Kier molecular flexibility index (Phi) is 6.75. The average Bonchev–Trinajstić information content (AvgIpc) is 2.68. The van der Waals surface area contributed by atoms with Crippen LogP contribution in [-0.4, -0.2) is 63.4 Å². The number of hydrogen-bond donors (Lipinski definition) is 0. The first-order chi connectivity index (χ1) is 12.8. The standard InChI is InChI=1S/C18H23N3O5S/c1-20(12-14-7-8-15(25-3)10-17(14)26-4)18(22)13-21(2)27(23,24)16-6-5-9-19-11-16/h5-11H,12-13H2,1-4H3. The Hall–Kier alpha value is -2.65. The first-order valence-corrected chi connectivity index (χ1v) is 9.55. The molecule has 2 aromatic rings. The van der Waals surface area contributed by atoms with Crippen molar-refractivity contribution < 1.29 is 22.7 Å². The minimum absolute atomic E-state index is 0.0415. The van der Waals surface area contributed by atoms with Gasteiger partial charge in [0.05, 0.1) is 20.8 Å². The van der Waals surface area contributed by atoms with E-state index in [1.807, 2.05) is 0 Å². The second-order valence-corrected chi connectivity index (χ2v) is 7.92. The van der Waals surface area contributed by atoms with E-state index in [4.69, 9.17) is 9.47 Å². The highest BCUT2D eigenvalue weighted by Crippen LogP contribution is 2.25. The molecule has 146 valence electrons. The van der Waals surface area contributed by atoms with Crippen molar-refractivity contribution in [2.75, 3.05) is 34.9 Å². The summed E-state index contributed by atoms with van der Waals surface area (Å²) in [4.78, 5) is 17.8. The summed E-state index contributed by atoms with van der Waals surface area (Å²) in [7, 11) is 2.28. The number of benzene rings is 1. The maximum Gasteiger partial charge on any atom is 0.244 e. The zero-order valence-corrected chi connectivity index (χ0v) is 16.6. The van der Waals surface area contributed by atoms with E-state index >= 15 is 0 Å². The van der Waals surface area contributed by atoms with E-state index in [0.717, 1.165) is 9.87 Å². The number of carbonyl (C=O) groups excluding carboxylic acids is 1. The third-order valence-corrected chi connectivity index (χ3v) is 5.81. The first-order valence-electron chi connectivity index (χ1n) is 8.10. The summed E-state index contributed by atoms with van der Waals surface area (Å²) in [6, 6.07) is 8.28. The number of ether oxygens (including phenoxy) is 2. The Labute approximate surface area is 159 Å². The zero-order chi connectivity index (χ0) is 20.0. The first kappa shape index (κ1) is 20.7. The normalized spacial score (nSPS) is 11.3. The number of sulfonamides is 1. The number of likely N-dealkylation sites (N-methyl/N-ethyl adjacent to an activating group) is 2. The third-order valence-electron chi connectivity index (χ3n) is 4.03. The van der Waals surface area contributed by atoms with Crippen LogP contribution in [0.2, 0.25) is 0 Å². The van der Waals surface area contributed by atoms with Gasteiger partial charge in [-0.1, -0.05) is 0 Å². The molecule has 0 radical (unpaired) electrons. The monoisotopic (exact) mass is 393 g/mol. The van der Waals surface area contributed by atoms with E-state index in [1.165, 1.54) is 43.6 Å². The van der Waals surface area contributed by atoms with Gasteiger partial charge in [0.1, 0.15) is 16.4 Å². The van der Waals surface area contributed by atoms with Crippen molar-refractivity contribution in [2.45, 2.75) is 11.4 Å². The van der Waals surface area contributed by atoms with Crippen LogP contribution in [0.15, 0.2) is 47.6 Å². The van der Waals surface area contributed by atoms with Crippen LogP contribution in [0.5, 0.6) is 11.5 Å². The van der Waals surface area contributed by atoms with Gasteiger partial charge in [-0.15, -0.1) is 0 Å². The van der Waals surface area contributed by atoms with Gasteiger partial charge in [-0.2, -0.15) is 4.31 Å². The van der Waals surface area contributed by atoms with Gasteiger partial charge in [0.25, 0.3) is 0 Å². The van der Waals surface area contributed by atoms with Crippen LogP contribution in [0.25, 0.3) is 0 Å². The minimum Gasteiger partial charge on any atom is -0.497 e. The van der Waals surface area contributed by atoms with E-state index in [1.54, 1.807) is 32.4 Å². The molecule has 1 amide bonds. The number of aromatic nitrogens is 1. The summed E-state index contributed by atoms with van der Waals surface area (Å²) >= 11 is 0. The smallest absolute Gasteiger partial charge is 0.244 e. The summed E-state index contributed by atoms with van der Waals surface area (Å²) in [6.45, 7) is -0.0149. The Bertz CT molecular complexity index is 887. The molecule has 0 N–H and O–H groups in total. The third kappa shape index (κ3) is 4.95. The van der Waals surface area contributed by atoms with E-state index in [2.05, 4.69) is 4.98 Å². The second kappa shape index (κ2) is 8.83. The molecular weight excluding hydrogens is 370 g/mol. The number of amides is 1. The molecule has 1 heterocycles. The number of nitrogens with zero attached hydrogens (tertiary/aromatic N) is 3. The van der Waals surface area contributed by atoms with Crippen molar-refractivity contribution in [1.82, 2.24) is 14.2 Å². The molecular formula is C18H23N3O5S. The summed E-state index contributed by atoms with van der Waals surface area (Å²) in [5.74, 6) is 0.889. The fourth-order valence-corrected chi connectivity index (χ4v) is 3.49. The molecule has 0 bridgehead atoms. The van der Waals surface area contributed by atoms with Gasteiger partial charge in [-0.25, -0.2) is 8.42 Å². The van der Waals surface area contributed by atoms with Crippen molar-refractivity contribution in [2.24, 2.45) is 0 Å². The lowest BCUT2D eigenvalue weighted by Gasteiger charge is -2.22. The van der Waals surface area contributed by atoms with E-state index in [0.29, 0.717) is 11.5 Å². The molecule has 1 aromatic carbocycles. The molecule has 8 nitrogen and oxygen atoms in total. The van der Waals surface area contributed by atoms with Crippen LogP contribution in [-0.2, 0) is 21.4 Å². The van der Waals surface area contributed by atoms with Crippen LogP contribution in [0.1, 0.15) is 5.56 Å². The van der Waals surface area contributed by atoms with Gasteiger partial charge in [0, 0.05) is 44.7 Å². The van der Waals surface area contributed by atoms with Crippen LogP contribution >= 0.6 is 0 Å². The average molecular weight is 393 g/mol. The number of methoxy groups -OCH3 is 2. The minimum atomic E-state index is -3.78. The molecule has 0 aliphatic carbocycles. The molecule has 0 spiro atoms. The number of rotatable bonds is 8. The molecule has 0 atom stereocenters. The summed E-state index contributed by atoms with van der Waals surface area (Å²) in [5, 5.41) is 0. The van der Waals surface area contributed by atoms with Gasteiger partial charge in [0.15, 0.2) is 0 Å². The molecule has 1 aromatic heterocycles. The van der Waals surface area contributed by atoms with Crippen LogP contribution in [0.3, 0.4) is 0 Å². The molecule has 0 aliphatic heterocycles. The van der Waals surface area contributed by atoms with Crippen molar-refractivity contribution in [1.29, 1.82) is 0 Å². The maximum absolute atomic E-state index is 12.5. The molecule has 0 fully saturated rings. The lowest BCUT2D eigenvalue weighted by atomic mass is 10.2. The molecule has 2 rings (SSSR count). The Morgan fingerprint density at radius 2 is 1.89 bits per heavy atom. The van der Waals surface area contributed by atoms with Gasteiger partial charge in [0.2, 0.25) is 15.9 Å². The molecule has 0 saturated heterocycles. The number of pyridine rings is 1. The summed E-state index contributed by atoms with van der Waals surface area (Å²) in [6.07, 6.45) is 2.74. The van der Waals surface area contributed by atoms with Crippen LogP contribution < -0.4 is 9.47 Å². The quantitative estimate of drug-likeness (QED) is 0.673.